The van der Waals surface area contributed by atoms with Crippen LogP contribution in [0.15, 0.2) is 18.2 Å². The number of anilines is 1. The summed E-state index contributed by atoms with van der Waals surface area (Å²) in [6.07, 6.45) is 3.78. The second-order valence-corrected chi connectivity index (χ2v) is 3.93. The van der Waals surface area contributed by atoms with Gasteiger partial charge in [0.2, 0.25) is 0 Å². The summed E-state index contributed by atoms with van der Waals surface area (Å²) < 4.78 is 0. The van der Waals surface area contributed by atoms with Crippen LogP contribution in [0.3, 0.4) is 0 Å². The van der Waals surface area contributed by atoms with E-state index in [1.54, 1.807) is 0 Å². The van der Waals surface area contributed by atoms with Crippen LogP contribution in [-0.4, -0.2) is 6.04 Å². The molecule has 1 aliphatic rings. The molecule has 0 spiro atoms. The van der Waals surface area contributed by atoms with E-state index in [0.29, 0.717) is 6.04 Å². The Morgan fingerprint density at radius 1 is 1.43 bits per heavy atom. The Labute approximate surface area is 84.6 Å². The number of nitrogens with zero attached hydrogens (tertiary/aromatic N) is 1. The van der Waals surface area contributed by atoms with Gasteiger partial charge in [0.25, 0.3) is 0 Å². The number of benzene rings is 1. The van der Waals surface area contributed by atoms with Gasteiger partial charge in [-0.1, -0.05) is 6.07 Å². The minimum Gasteiger partial charge on any atom is -0.381 e. The molecular formula is C12H14N2. The van der Waals surface area contributed by atoms with E-state index in [9.17, 15) is 0 Å². The van der Waals surface area contributed by atoms with Gasteiger partial charge in [-0.15, -0.1) is 0 Å². The van der Waals surface area contributed by atoms with E-state index in [4.69, 9.17) is 5.26 Å². The van der Waals surface area contributed by atoms with Crippen LogP contribution in [0.4, 0.5) is 5.69 Å². The fourth-order valence-electron chi connectivity index (χ4n) is 1.65. The molecule has 0 bridgehead atoms. The van der Waals surface area contributed by atoms with Gasteiger partial charge in [0.15, 0.2) is 0 Å². The third-order valence-electron chi connectivity index (χ3n) is 2.76. The van der Waals surface area contributed by atoms with Crippen molar-refractivity contribution in [3.8, 4) is 6.07 Å². The smallest absolute Gasteiger partial charge is 0.101 e. The van der Waals surface area contributed by atoms with Gasteiger partial charge in [-0.3, -0.25) is 0 Å². The third-order valence-corrected chi connectivity index (χ3v) is 2.76. The van der Waals surface area contributed by atoms with Crippen molar-refractivity contribution in [1.29, 1.82) is 5.26 Å². The van der Waals surface area contributed by atoms with Crippen LogP contribution in [0, 0.1) is 18.3 Å². The lowest BCUT2D eigenvalue weighted by atomic mass is 9.92. The largest absolute Gasteiger partial charge is 0.381 e. The third kappa shape index (κ3) is 1.72. The Hall–Kier alpha value is -1.49. The first-order chi connectivity index (χ1) is 6.79. The van der Waals surface area contributed by atoms with Gasteiger partial charge in [0.1, 0.15) is 6.07 Å². The molecule has 14 heavy (non-hydrogen) atoms. The van der Waals surface area contributed by atoms with Crippen LogP contribution in [0.5, 0.6) is 0 Å². The Morgan fingerprint density at radius 2 is 2.21 bits per heavy atom. The maximum atomic E-state index is 8.96. The molecule has 0 aliphatic heterocycles. The molecule has 2 rings (SSSR count). The van der Waals surface area contributed by atoms with Crippen molar-refractivity contribution in [3.05, 3.63) is 29.3 Å². The van der Waals surface area contributed by atoms with E-state index in [0.717, 1.165) is 16.8 Å². The van der Waals surface area contributed by atoms with Gasteiger partial charge in [0, 0.05) is 6.04 Å². The molecule has 2 heteroatoms. The normalized spacial score (nSPS) is 15.7. The zero-order chi connectivity index (χ0) is 9.97. The van der Waals surface area contributed by atoms with Crippen LogP contribution in [-0.2, 0) is 0 Å². The van der Waals surface area contributed by atoms with Crippen molar-refractivity contribution in [2.75, 3.05) is 5.32 Å². The van der Waals surface area contributed by atoms with Gasteiger partial charge in [-0.25, -0.2) is 0 Å². The molecule has 0 amide bonds. The van der Waals surface area contributed by atoms with Crippen LogP contribution in [0.2, 0.25) is 0 Å². The monoisotopic (exact) mass is 186 g/mol. The van der Waals surface area contributed by atoms with Gasteiger partial charge in [0.05, 0.1) is 11.3 Å². The van der Waals surface area contributed by atoms with Crippen molar-refractivity contribution >= 4 is 5.69 Å². The van der Waals surface area contributed by atoms with Gasteiger partial charge >= 0.3 is 0 Å². The fourth-order valence-corrected chi connectivity index (χ4v) is 1.65. The van der Waals surface area contributed by atoms with Crippen LogP contribution < -0.4 is 5.32 Å². The molecular weight excluding hydrogens is 172 g/mol. The first-order valence-corrected chi connectivity index (χ1v) is 5.07. The van der Waals surface area contributed by atoms with Gasteiger partial charge in [-0.05, 0) is 43.9 Å². The quantitative estimate of drug-likeness (QED) is 0.770. The summed E-state index contributed by atoms with van der Waals surface area (Å²) in [5.41, 5.74) is 2.89. The molecule has 0 aromatic heterocycles. The van der Waals surface area contributed by atoms with Crippen LogP contribution in [0.1, 0.15) is 30.4 Å². The summed E-state index contributed by atoms with van der Waals surface area (Å²) in [5.74, 6) is 0. The van der Waals surface area contributed by atoms with Crippen molar-refractivity contribution < 1.29 is 0 Å². The second kappa shape index (κ2) is 3.71. The highest BCUT2D eigenvalue weighted by molar-refractivity contribution is 5.59. The number of nitrogens with one attached hydrogen (secondary N) is 1. The van der Waals surface area contributed by atoms with Crippen molar-refractivity contribution in [2.24, 2.45) is 0 Å². The Kier molecular flexibility index (Phi) is 2.41. The van der Waals surface area contributed by atoms with E-state index in [-0.39, 0.29) is 0 Å². The molecule has 1 aromatic carbocycles. The lowest BCUT2D eigenvalue weighted by molar-refractivity contribution is 0.445. The van der Waals surface area contributed by atoms with E-state index < -0.39 is 0 Å². The molecule has 1 saturated carbocycles. The molecule has 0 heterocycles. The van der Waals surface area contributed by atoms with Gasteiger partial charge < -0.3 is 5.32 Å². The maximum Gasteiger partial charge on any atom is 0.101 e. The highest BCUT2D eigenvalue weighted by Gasteiger charge is 2.17. The minimum atomic E-state index is 0.588. The van der Waals surface area contributed by atoms with Crippen LogP contribution in [0.25, 0.3) is 0 Å². The summed E-state index contributed by atoms with van der Waals surface area (Å²) in [6, 6.07) is 8.80. The standard InChI is InChI=1S/C12H14N2/c1-9-5-6-12(10(7-9)8-13)14-11-3-2-4-11/h5-7,11,14H,2-4H2,1H3. The lowest BCUT2D eigenvalue weighted by Gasteiger charge is -2.27. The van der Waals surface area contributed by atoms with E-state index in [1.807, 2.05) is 25.1 Å². The van der Waals surface area contributed by atoms with Crippen LogP contribution >= 0.6 is 0 Å². The number of aryl methyl sites for hydroxylation is 1. The molecule has 0 unspecified atom stereocenters. The predicted molar refractivity (Wildman–Crippen MR) is 57.2 cm³/mol. The average molecular weight is 186 g/mol. The molecule has 1 aliphatic carbocycles. The summed E-state index contributed by atoms with van der Waals surface area (Å²) in [4.78, 5) is 0. The van der Waals surface area contributed by atoms with Gasteiger partial charge in [-0.2, -0.15) is 5.26 Å². The number of nitriles is 1. The molecule has 0 saturated heterocycles. The molecule has 0 radical (unpaired) electrons. The topological polar surface area (TPSA) is 35.8 Å². The fraction of sp³-hybridized carbons (Fsp3) is 0.417. The van der Waals surface area contributed by atoms with Crippen molar-refractivity contribution in [2.45, 2.75) is 32.2 Å². The summed E-state index contributed by atoms with van der Waals surface area (Å²) in [7, 11) is 0. The highest BCUT2D eigenvalue weighted by atomic mass is 14.9. The molecule has 1 aromatic rings. The summed E-state index contributed by atoms with van der Waals surface area (Å²) in [5, 5.41) is 12.4. The minimum absolute atomic E-state index is 0.588. The summed E-state index contributed by atoms with van der Waals surface area (Å²) >= 11 is 0. The lowest BCUT2D eigenvalue weighted by Crippen LogP contribution is -2.27. The SMILES string of the molecule is Cc1ccc(NC2CCC2)c(C#N)c1. The first kappa shape index (κ1) is 9.08. The molecule has 2 nitrogen and oxygen atoms in total. The highest BCUT2D eigenvalue weighted by Crippen LogP contribution is 2.25. The maximum absolute atomic E-state index is 8.96. The molecule has 1 fully saturated rings. The number of hydrogen-bond acceptors (Lipinski definition) is 2. The average Bonchev–Trinajstić information content (AvgIpc) is 2.13. The Morgan fingerprint density at radius 3 is 2.79 bits per heavy atom. The zero-order valence-corrected chi connectivity index (χ0v) is 8.38. The second-order valence-electron chi connectivity index (χ2n) is 3.93. The number of hydrogen-bond donors (Lipinski definition) is 1. The number of rotatable bonds is 2. The van der Waals surface area contributed by atoms with Crippen molar-refractivity contribution in [1.82, 2.24) is 0 Å². The predicted octanol–water partition coefficient (Wildman–Crippen LogP) is 2.83. The molecule has 72 valence electrons. The first-order valence-electron chi connectivity index (χ1n) is 5.07. The molecule has 0 atom stereocenters. The summed E-state index contributed by atoms with van der Waals surface area (Å²) in [6.45, 7) is 2.01. The molecule has 1 N–H and O–H groups in total. The zero-order valence-electron chi connectivity index (χ0n) is 8.38. The van der Waals surface area contributed by atoms with Crippen molar-refractivity contribution in [3.63, 3.8) is 0 Å². The van der Waals surface area contributed by atoms with E-state index in [1.165, 1.54) is 19.3 Å². The Balaban J connectivity index is 2.19. The Bertz CT molecular complexity index is 372. The van der Waals surface area contributed by atoms with E-state index >= 15 is 0 Å². The van der Waals surface area contributed by atoms with E-state index in [2.05, 4.69) is 11.4 Å².